The molecule has 1 saturated heterocycles. The van der Waals surface area contributed by atoms with E-state index in [4.69, 9.17) is 20.3 Å². The first-order valence-electron chi connectivity index (χ1n) is 6.04. The summed E-state index contributed by atoms with van der Waals surface area (Å²) in [7, 11) is -4.76. The first-order valence-corrected chi connectivity index (χ1v) is 7.57. The smallest absolute Gasteiger partial charge is 0.388 e. The molecular formula is C9H12N5O7P. The van der Waals surface area contributed by atoms with E-state index in [0.29, 0.717) is 0 Å². The number of phosphoric ester groups is 1. The number of aromatic amines is 1. The van der Waals surface area contributed by atoms with E-state index in [1.807, 2.05) is 0 Å². The van der Waals surface area contributed by atoms with Gasteiger partial charge in [-0.15, -0.1) is 0 Å². The molecule has 3 rings (SSSR count). The molecule has 2 aromatic heterocycles. The molecule has 12 nitrogen and oxygen atoms in total. The van der Waals surface area contributed by atoms with Gasteiger partial charge in [0.15, 0.2) is 23.7 Å². The average molecular weight is 333 g/mol. The highest BCUT2D eigenvalue weighted by molar-refractivity contribution is 7.46. The molecule has 6 N–H and O–H groups in total. The summed E-state index contributed by atoms with van der Waals surface area (Å²) in [5.74, 6) is -0.144. The zero-order valence-electron chi connectivity index (χ0n) is 10.9. The number of nitrogens with zero attached hydrogens (tertiary/aromatic N) is 3. The van der Waals surface area contributed by atoms with Crippen LogP contribution in [-0.4, -0.2) is 46.8 Å². The van der Waals surface area contributed by atoms with Gasteiger partial charge in [-0.2, -0.15) is 4.98 Å². The molecule has 0 aliphatic carbocycles. The van der Waals surface area contributed by atoms with Crippen molar-refractivity contribution in [2.75, 3.05) is 5.73 Å². The number of aliphatic hydroxyl groups is 1. The molecule has 0 amide bonds. The number of hydrogen-bond donors (Lipinski definition) is 5. The number of hydrogen-bond acceptors (Lipinski definition) is 8. The lowest BCUT2D eigenvalue weighted by molar-refractivity contribution is -0.114. The third kappa shape index (κ3) is 2.75. The molecule has 1 aliphatic rings. The van der Waals surface area contributed by atoms with Gasteiger partial charge in [0.1, 0.15) is 6.10 Å². The summed E-state index contributed by atoms with van der Waals surface area (Å²) in [6, 6.07) is 0. The Labute approximate surface area is 121 Å². The van der Waals surface area contributed by atoms with Gasteiger partial charge in [-0.1, -0.05) is 0 Å². The van der Waals surface area contributed by atoms with Crippen LogP contribution < -0.4 is 11.3 Å². The van der Waals surface area contributed by atoms with Crippen LogP contribution in [0.15, 0.2) is 11.1 Å². The van der Waals surface area contributed by atoms with Crippen molar-refractivity contribution in [2.24, 2.45) is 0 Å². The number of fused-ring (bicyclic) bond motifs is 1. The summed E-state index contributed by atoms with van der Waals surface area (Å²) in [6.45, 7) is 0. The van der Waals surface area contributed by atoms with Gasteiger partial charge >= 0.3 is 7.82 Å². The number of aromatic nitrogens is 4. The lowest BCUT2D eigenvalue weighted by atomic mass is 10.2. The SMILES string of the molecule is Nc1nc2c(ncn2[C@@H]2O[C@H](OP(=O)(O)O)CC2O)c(=O)[nH]1. The number of phosphoric acid groups is 1. The van der Waals surface area contributed by atoms with Gasteiger partial charge in [-0.3, -0.25) is 18.9 Å². The largest absolute Gasteiger partial charge is 0.471 e. The standard InChI is InChI=1S/C9H12N5O7P/c10-9-12-6-5(7(16)13-9)11-2-14(6)8-3(15)1-4(20-8)21-22(17,18)19/h2-4,8,15H,1H2,(H2,17,18,19)(H3,10,12,13,16)/t3?,4-,8-/m1/s1. The third-order valence-corrected chi connectivity index (χ3v) is 3.54. The monoisotopic (exact) mass is 333 g/mol. The number of imidazole rings is 1. The minimum Gasteiger partial charge on any atom is -0.388 e. The van der Waals surface area contributed by atoms with E-state index in [9.17, 15) is 14.5 Å². The Balaban J connectivity index is 1.95. The molecule has 3 atom stereocenters. The Kier molecular flexibility index (Phi) is 3.51. The number of rotatable bonds is 3. The van der Waals surface area contributed by atoms with Gasteiger partial charge < -0.3 is 25.4 Å². The number of ether oxygens (including phenoxy) is 1. The highest BCUT2D eigenvalue weighted by Gasteiger charge is 2.40. The van der Waals surface area contributed by atoms with E-state index in [1.165, 1.54) is 10.9 Å². The predicted molar refractivity (Wildman–Crippen MR) is 70.2 cm³/mol. The third-order valence-electron chi connectivity index (χ3n) is 3.03. The van der Waals surface area contributed by atoms with Crippen LogP contribution in [0.25, 0.3) is 11.2 Å². The number of aliphatic hydroxyl groups excluding tert-OH is 1. The first-order chi connectivity index (χ1) is 10.2. The van der Waals surface area contributed by atoms with Crippen molar-refractivity contribution in [3.8, 4) is 0 Å². The molecule has 0 spiro atoms. The van der Waals surface area contributed by atoms with E-state index < -0.39 is 32.0 Å². The molecule has 0 radical (unpaired) electrons. The molecule has 1 unspecified atom stereocenters. The molecule has 1 aliphatic heterocycles. The van der Waals surface area contributed by atoms with Crippen LogP contribution in [0.5, 0.6) is 0 Å². The van der Waals surface area contributed by atoms with Crippen LogP contribution in [0.4, 0.5) is 5.95 Å². The zero-order chi connectivity index (χ0) is 16.1. The second kappa shape index (κ2) is 5.12. The predicted octanol–water partition coefficient (Wildman–Crippen LogP) is -1.58. The topological polar surface area (TPSA) is 186 Å². The Morgan fingerprint density at radius 2 is 2.27 bits per heavy atom. The number of H-pyrrole nitrogens is 1. The fraction of sp³-hybridized carbons (Fsp3) is 0.444. The van der Waals surface area contributed by atoms with Gasteiger partial charge in [-0.25, -0.2) is 9.55 Å². The highest BCUT2D eigenvalue weighted by atomic mass is 31.2. The molecule has 120 valence electrons. The zero-order valence-corrected chi connectivity index (χ0v) is 11.8. The van der Waals surface area contributed by atoms with E-state index in [0.717, 1.165) is 0 Å². The molecule has 0 saturated carbocycles. The van der Waals surface area contributed by atoms with Crippen molar-refractivity contribution < 1.29 is 28.7 Å². The lowest BCUT2D eigenvalue weighted by Crippen LogP contribution is -2.20. The molecule has 2 aromatic rings. The second-order valence-corrected chi connectivity index (χ2v) is 5.82. The van der Waals surface area contributed by atoms with Crippen LogP contribution in [0.1, 0.15) is 12.6 Å². The van der Waals surface area contributed by atoms with Crippen molar-refractivity contribution in [3.63, 3.8) is 0 Å². The van der Waals surface area contributed by atoms with E-state index in [-0.39, 0.29) is 23.5 Å². The van der Waals surface area contributed by atoms with Crippen molar-refractivity contribution in [1.29, 1.82) is 0 Å². The maximum Gasteiger partial charge on any atom is 0.471 e. The quantitative estimate of drug-likeness (QED) is 0.410. The Hall–Kier alpha value is -1.82. The minimum absolute atomic E-state index is 0.00986. The van der Waals surface area contributed by atoms with Crippen molar-refractivity contribution >= 4 is 24.9 Å². The number of nitrogens with two attached hydrogens (primary N) is 1. The molecular weight excluding hydrogens is 321 g/mol. The second-order valence-electron chi connectivity index (χ2n) is 4.63. The summed E-state index contributed by atoms with van der Waals surface area (Å²) < 4.78 is 21.7. The number of anilines is 1. The molecule has 0 aromatic carbocycles. The first kappa shape index (κ1) is 15.1. The molecule has 1 fully saturated rings. The van der Waals surface area contributed by atoms with Crippen molar-refractivity contribution in [2.45, 2.75) is 25.0 Å². The number of nitrogen functional groups attached to an aromatic ring is 1. The summed E-state index contributed by atoms with van der Waals surface area (Å²) in [4.78, 5) is 39.2. The van der Waals surface area contributed by atoms with Gasteiger partial charge in [0.05, 0.1) is 6.33 Å². The summed E-state index contributed by atoms with van der Waals surface area (Å²) >= 11 is 0. The van der Waals surface area contributed by atoms with Crippen molar-refractivity contribution in [1.82, 2.24) is 19.5 Å². The fourth-order valence-electron chi connectivity index (χ4n) is 2.22. The van der Waals surface area contributed by atoms with Gasteiger partial charge in [0.25, 0.3) is 5.56 Å². The summed E-state index contributed by atoms with van der Waals surface area (Å²) in [5.41, 5.74) is 4.96. The van der Waals surface area contributed by atoms with Crippen molar-refractivity contribution in [3.05, 3.63) is 16.7 Å². The van der Waals surface area contributed by atoms with Gasteiger partial charge in [0.2, 0.25) is 5.95 Å². The van der Waals surface area contributed by atoms with Gasteiger partial charge in [0, 0.05) is 6.42 Å². The normalized spacial score (nSPS) is 25.9. The molecule has 3 heterocycles. The maximum atomic E-state index is 11.7. The van der Waals surface area contributed by atoms with Crippen LogP contribution in [0, 0.1) is 0 Å². The molecule has 22 heavy (non-hydrogen) atoms. The summed E-state index contributed by atoms with van der Waals surface area (Å²) in [5, 5.41) is 9.97. The molecule has 0 bridgehead atoms. The van der Waals surface area contributed by atoms with E-state index in [2.05, 4.69) is 19.5 Å². The van der Waals surface area contributed by atoms with Crippen LogP contribution in [0.2, 0.25) is 0 Å². The fourth-order valence-corrected chi connectivity index (χ4v) is 2.66. The van der Waals surface area contributed by atoms with Gasteiger partial charge in [-0.05, 0) is 0 Å². The minimum atomic E-state index is -4.76. The van der Waals surface area contributed by atoms with Crippen LogP contribution >= 0.6 is 7.82 Å². The van der Waals surface area contributed by atoms with E-state index >= 15 is 0 Å². The lowest BCUT2D eigenvalue weighted by Gasteiger charge is -2.16. The average Bonchev–Trinajstić information content (AvgIpc) is 2.90. The van der Waals surface area contributed by atoms with Crippen LogP contribution in [0.3, 0.4) is 0 Å². The summed E-state index contributed by atoms with van der Waals surface area (Å²) in [6.07, 6.45) is -2.49. The molecule has 13 heteroatoms. The maximum absolute atomic E-state index is 11.7. The Morgan fingerprint density at radius 3 is 2.95 bits per heavy atom. The number of nitrogens with one attached hydrogen (secondary N) is 1. The highest BCUT2D eigenvalue weighted by Crippen LogP contribution is 2.42. The Morgan fingerprint density at radius 1 is 1.55 bits per heavy atom. The Bertz CT molecular complexity index is 812. The van der Waals surface area contributed by atoms with Crippen LogP contribution in [-0.2, 0) is 13.8 Å². The van der Waals surface area contributed by atoms with E-state index in [1.54, 1.807) is 0 Å².